The molecule has 98 valence electrons. The molecule has 0 spiro atoms. The summed E-state index contributed by atoms with van der Waals surface area (Å²) >= 11 is 0. The van der Waals surface area contributed by atoms with Crippen molar-refractivity contribution in [3.8, 4) is 0 Å². The van der Waals surface area contributed by atoms with Gasteiger partial charge < -0.3 is 21.0 Å². The molecule has 0 aromatic heterocycles. The van der Waals surface area contributed by atoms with Crippen LogP contribution < -0.4 is 11.1 Å². The number of ether oxygens (including phenoxy) is 1. The molecule has 1 aliphatic rings. The van der Waals surface area contributed by atoms with Crippen LogP contribution in [0.4, 0.5) is 0 Å². The lowest BCUT2D eigenvalue weighted by molar-refractivity contribution is 0.0776. The zero-order valence-corrected chi connectivity index (χ0v) is 10.3. The van der Waals surface area contributed by atoms with Gasteiger partial charge in [-0.3, -0.25) is 0 Å². The van der Waals surface area contributed by atoms with Gasteiger partial charge in [-0.1, -0.05) is 23.4 Å². The number of benzene rings is 1. The molecule has 0 aliphatic carbocycles. The Kier molecular flexibility index (Phi) is 4.55. The summed E-state index contributed by atoms with van der Waals surface area (Å²) in [5, 5.41) is 15.2. The van der Waals surface area contributed by atoms with E-state index in [1.54, 1.807) is 0 Å². The average molecular weight is 249 g/mol. The fourth-order valence-electron chi connectivity index (χ4n) is 2.06. The first-order chi connectivity index (χ1) is 8.79. The maximum Gasteiger partial charge on any atom is 0.170 e. The summed E-state index contributed by atoms with van der Waals surface area (Å²) in [7, 11) is 0. The van der Waals surface area contributed by atoms with Gasteiger partial charge in [0.25, 0.3) is 0 Å². The van der Waals surface area contributed by atoms with E-state index in [1.807, 2.05) is 24.3 Å². The van der Waals surface area contributed by atoms with Crippen LogP contribution >= 0.6 is 0 Å². The van der Waals surface area contributed by atoms with Crippen LogP contribution in [0.2, 0.25) is 0 Å². The van der Waals surface area contributed by atoms with Gasteiger partial charge in [0.05, 0.1) is 0 Å². The highest BCUT2D eigenvalue weighted by Gasteiger charge is 2.12. The molecule has 2 rings (SSSR count). The number of amidine groups is 1. The van der Waals surface area contributed by atoms with Crippen molar-refractivity contribution < 1.29 is 9.94 Å². The molecule has 1 aromatic carbocycles. The van der Waals surface area contributed by atoms with Crippen molar-refractivity contribution in [3.63, 3.8) is 0 Å². The molecule has 0 unspecified atom stereocenters. The second-order valence-electron chi connectivity index (χ2n) is 4.45. The molecular weight excluding hydrogens is 230 g/mol. The number of hydrogen-bond donors (Lipinski definition) is 3. The first-order valence-electron chi connectivity index (χ1n) is 6.17. The van der Waals surface area contributed by atoms with Crippen LogP contribution in [0.15, 0.2) is 29.4 Å². The molecule has 0 bridgehead atoms. The Hall–Kier alpha value is -1.59. The molecule has 1 aromatic rings. The maximum absolute atomic E-state index is 8.65. The lowest BCUT2D eigenvalue weighted by Gasteiger charge is -2.23. The molecule has 5 heteroatoms. The van der Waals surface area contributed by atoms with Gasteiger partial charge >= 0.3 is 0 Å². The Morgan fingerprint density at radius 3 is 2.94 bits per heavy atom. The highest BCUT2D eigenvalue weighted by atomic mass is 16.5. The van der Waals surface area contributed by atoms with Crippen LogP contribution in [0.25, 0.3) is 0 Å². The molecular formula is C13H19N3O2. The molecule has 4 N–H and O–H groups in total. The molecule has 18 heavy (non-hydrogen) atoms. The Morgan fingerprint density at radius 2 is 2.22 bits per heavy atom. The summed E-state index contributed by atoms with van der Waals surface area (Å²) in [5.41, 5.74) is 7.43. The smallest absolute Gasteiger partial charge is 0.170 e. The topological polar surface area (TPSA) is 79.9 Å². The van der Waals surface area contributed by atoms with Crippen molar-refractivity contribution >= 4 is 5.84 Å². The van der Waals surface area contributed by atoms with Gasteiger partial charge in [0.15, 0.2) is 5.84 Å². The predicted octanol–water partition coefficient (Wildman–Crippen LogP) is 1.05. The third kappa shape index (κ3) is 3.45. The van der Waals surface area contributed by atoms with E-state index in [2.05, 4.69) is 10.5 Å². The summed E-state index contributed by atoms with van der Waals surface area (Å²) in [4.78, 5) is 0. The van der Waals surface area contributed by atoms with E-state index in [-0.39, 0.29) is 5.84 Å². The van der Waals surface area contributed by atoms with E-state index < -0.39 is 0 Å². The molecule has 5 nitrogen and oxygen atoms in total. The highest BCUT2D eigenvalue weighted by molar-refractivity contribution is 5.97. The zero-order chi connectivity index (χ0) is 12.8. The van der Waals surface area contributed by atoms with Crippen LogP contribution in [0.3, 0.4) is 0 Å². The SMILES string of the molecule is NC(=NO)c1cccc(CNC2CCOCC2)c1. The Morgan fingerprint density at radius 1 is 1.44 bits per heavy atom. The van der Waals surface area contributed by atoms with Crippen molar-refractivity contribution in [2.75, 3.05) is 13.2 Å². The molecule has 0 amide bonds. The summed E-state index contributed by atoms with van der Waals surface area (Å²) < 4.78 is 5.32. The average Bonchev–Trinajstić information content (AvgIpc) is 2.45. The number of nitrogens with zero attached hydrogens (tertiary/aromatic N) is 1. The van der Waals surface area contributed by atoms with Gasteiger partial charge in [0.1, 0.15) is 0 Å². The molecule has 0 saturated carbocycles. The minimum absolute atomic E-state index is 0.142. The molecule has 1 saturated heterocycles. The van der Waals surface area contributed by atoms with Gasteiger partial charge in [-0.05, 0) is 24.5 Å². The third-order valence-electron chi connectivity index (χ3n) is 3.15. The van der Waals surface area contributed by atoms with Crippen LogP contribution in [0.1, 0.15) is 24.0 Å². The lowest BCUT2D eigenvalue weighted by atomic mass is 10.1. The molecule has 1 aliphatic heterocycles. The standard InChI is InChI=1S/C13H19N3O2/c14-13(16-17)11-3-1-2-10(8-11)9-15-12-4-6-18-7-5-12/h1-3,8,12,15,17H,4-7,9H2,(H2,14,16). The quantitative estimate of drug-likeness (QED) is 0.322. The van der Waals surface area contributed by atoms with E-state index in [1.165, 1.54) is 0 Å². The Balaban J connectivity index is 1.92. The summed E-state index contributed by atoms with van der Waals surface area (Å²) in [6.07, 6.45) is 2.11. The Labute approximate surface area is 107 Å². The van der Waals surface area contributed by atoms with E-state index in [4.69, 9.17) is 15.7 Å². The van der Waals surface area contributed by atoms with Crippen LogP contribution in [0, 0.1) is 0 Å². The molecule has 1 heterocycles. The van der Waals surface area contributed by atoms with Crippen LogP contribution in [0.5, 0.6) is 0 Å². The van der Waals surface area contributed by atoms with Crippen molar-refractivity contribution in [2.45, 2.75) is 25.4 Å². The number of oxime groups is 1. The van der Waals surface area contributed by atoms with Crippen molar-refractivity contribution in [3.05, 3.63) is 35.4 Å². The van der Waals surface area contributed by atoms with Crippen molar-refractivity contribution in [2.24, 2.45) is 10.9 Å². The number of nitrogens with one attached hydrogen (secondary N) is 1. The first-order valence-corrected chi connectivity index (χ1v) is 6.17. The van der Waals surface area contributed by atoms with Crippen LogP contribution in [-0.4, -0.2) is 30.3 Å². The second-order valence-corrected chi connectivity index (χ2v) is 4.45. The van der Waals surface area contributed by atoms with Crippen LogP contribution in [-0.2, 0) is 11.3 Å². The van der Waals surface area contributed by atoms with E-state index in [0.29, 0.717) is 6.04 Å². The molecule has 0 atom stereocenters. The predicted molar refractivity (Wildman–Crippen MR) is 69.6 cm³/mol. The van der Waals surface area contributed by atoms with Gasteiger partial charge in [0, 0.05) is 31.4 Å². The lowest BCUT2D eigenvalue weighted by Crippen LogP contribution is -2.34. The number of nitrogens with two attached hydrogens (primary N) is 1. The van der Waals surface area contributed by atoms with Gasteiger partial charge in [0.2, 0.25) is 0 Å². The monoisotopic (exact) mass is 249 g/mol. The van der Waals surface area contributed by atoms with Gasteiger partial charge in [-0.15, -0.1) is 0 Å². The summed E-state index contributed by atoms with van der Waals surface area (Å²) in [6.45, 7) is 2.46. The fraction of sp³-hybridized carbons (Fsp3) is 0.462. The highest BCUT2D eigenvalue weighted by Crippen LogP contribution is 2.09. The summed E-state index contributed by atoms with van der Waals surface area (Å²) in [5.74, 6) is 0.142. The Bertz CT molecular complexity index is 414. The van der Waals surface area contributed by atoms with E-state index in [9.17, 15) is 0 Å². The largest absolute Gasteiger partial charge is 0.409 e. The van der Waals surface area contributed by atoms with Crippen molar-refractivity contribution in [1.82, 2.24) is 5.32 Å². The zero-order valence-electron chi connectivity index (χ0n) is 10.3. The van der Waals surface area contributed by atoms with Gasteiger partial charge in [-0.25, -0.2) is 0 Å². The minimum atomic E-state index is 0.142. The van der Waals surface area contributed by atoms with Gasteiger partial charge in [-0.2, -0.15) is 0 Å². The summed E-state index contributed by atoms with van der Waals surface area (Å²) in [6, 6.07) is 8.22. The molecule has 1 fully saturated rings. The number of hydrogen-bond acceptors (Lipinski definition) is 4. The fourth-order valence-corrected chi connectivity index (χ4v) is 2.06. The van der Waals surface area contributed by atoms with E-state index in [0.717, 1.165) is 43.7 Å². The normalized spacial score (nSPS) is 17.9. The first kappa shape index (κ1) is 12.9. The van der Waals surface area contributed by atoms with E-state index >= 15 is 0 Å². The second kappa shape index (κ2) is 6.37. The minimum Gasteiger partial charge on any atom is -0.409 e. The van der Waals surface area contributed by atoms with Crippen molar-refractivity contribution in [1.29, 1.82) is 0 Å². The number of rotatable bonds is 4. The third-order valence-corrected chi connectivity index (χ3v) is 3.15. The maximum atomic E-state index is 8.65. The molecule has 0 radical (unpaired) electrons.